The van der Waals surface area contributed by atoms with Gasteiger partial charge in [0.05, 0.1) is 23.6 Å². The number of thioether (sulfide) groups is 1. The molecular formula is C30H22FNO5S. The van der Waals surface area contributed by atoms with E-state index in [2.05, 4.69) is 0 Å². The van der Waals surface area contributed by atoms with Crippen LogP contribution < -0.4 is 9.47 Å². The summed E-state index contributed by atoms with van der Waals surface area (Å²) in [5.41, 5.74) is 1.66. The number of fused-ring (bicyclic) bond motifs is 1. The first-order chi connectivity index (χ1) is 18.4. The van der Waals surface area contributed by atoms with Gasteiger partial charge in [-0.2, -0.15) is 0 Å². The fourth-order valence-corrected chi connectivity index (χ4v) is 4.86. The van der Waals surface area contributed by atoms with E-state index in [1.165, 1.54) is 29.2 Å². The van der Waals surface area contributed by atoms with Crippen molar-refractivity contribution >= 4 is 45.7 Å². The fraction of sp³-hybridized carbons (Fsp3) is 0.100. The van der Waals surface area contributed by atoms with Gasteiger partial charge in [0.2, 0.25) is 0 Å². The number of amides is 2. The van der Waals surface area contributed by atoms with Gasteiger partial charge in [-0.25, -0.2) is 9.18 Å². The van der Waals surface area contributed by atoms with Crippen LogP contribution >= 0.6 is 11.8 Å². The summed E-state index contributed by atoms with van der Waals surface area (Å²) in [5, 5.41) is 1.78. The molecule has 5 rings (SSSR count). The van der Waals surface area contributed by atoms with E-state index < -0.39 is 11.8 Å². The van der Waals surface area contributed by atoms with Crippen molar-refractivity contribution in [2.24, 2.45) is 0 Å². The molecule has 0 spiro atoms. The van der Waals surface area contributed by atoms with Crippen molar-refractivity contribution in [3.8, 4) is 11.5 Å². The molecule has 1 saturated heterocycles. The second-order valence-electron chi connectivity index (χ2n) is 8.48. The predicted octanol–water partition coefficient (Wildman–Crippen LogP) is 6.83. The lowest BCUT2D eigenvalue weighted by Gasteiger charge is -2.13. The number of imide groups is 1. The first kappa shape index (κ1) is 25.2. The number of hydrogen-bond donors (Lipinski definition) is 0. The minimum absolute atomic E-state index is 0.176. The Morgan fingerprint density at radius 1 is 0.921 bits per heavy atom. The molecule has 0 aromatic heterocycles. The number of ether oxygens (including phenoxy) is 2. The summed E-state index contributed by atoms with van der Waals surface area (Å²) in [4.78, 5) is 39.7. The van der Waals surface area contributed by atoms with Crippen molar-refractivity contribution in [1.82, 2.24) is 4.90 Å². The number of carbonyl (C=O) groups is 3. The topological polar surface area (TPSA) is 72.9 Å². The van der Waals surface area contributed by atoms with Crippen molar-refractivity contribution in [2.45, 2.75) is 13.5 Å². The van der Waals surface area contributed by atoms with Crippen LogP contribution in [0.1, 0.15) is 28.4 Å². The summed E-state index contributed by atoms with van der Waals surface area (Å²) in [6.07, 6.45) is 1.61. The lowest BCUT2D eigenvalue weighted by molar-refractivity contribution is -0.123. The quantitative estimate of drug-likeness (QED) is 0.149. The van der Waals surface area contributed by atoms with Crippen molar-refractivity contribution in [3.05, 3.63) is 112 Å². The average molecular weight is 528 g/mol. The molecule has 0 N–H and O–H groups in total. The highest BCUT2D eigenvalue weighted by molar-refractivity contribution is 8.18. The highest BCUT2D eigenvalue weighted by Crippen LogP contribution is 2.36. The molecule has 0 bridgehead atoms. The molecular weight excluding hydrogens is 505 g/mol. The van der Waals surface area contributed by atoms with Gasteiger partial charge in [-0.1, -0.05) is 42.5 Å². The highest BCUT2D eigenvalue weighted by atomic mass is 32.2. The smallest absolute Gasteiger partial charge is 0.343 e. The van der Waals surface area contributed by atoms with Gasteiger partial charge in [-0.15, -0.1) is 0 Å². The molecule has 6 nitrogen and oxygen atoms in total. The summed E-state index contributed by atoms with van der Waals surface area (Å²) in [6.45, 7) is 2.28. The zero-order valence-corrected chi connectivity index (χ0v) is 21.2. The van der Waals surface area contributed by atoms with E-state index in [-0.39, 0.29) is 33.9 Å². The summed E-state index contributed by atoms with van der Waals surface area (Å²) in [5.74, 6) is -1.01. The Morgan fingerprint density at radius 2 is 1.68 bits per heavy atom. The predicted molar refractivity (Wildman–Crippen MR) is 144 cm³/mol. The van der Waals surface area contributed by atoms with Crippen LogP contribution in [-0.4, -0.2) is 28.6 Å². The van der Waals surface area contributed by atoms with Crippen LogP contribution in [0.3, 0.4) is 0 Å². The molecule has 1 aliphatic heterocycles. The molecule has 4 aromatic rings. The number of hydrogen-bond acceptors (Lipinski definition) is 6. The van der Waals surface area contributed by atoms with Gasteiger partial charge in [-0.05, 0) is 89.1 Å². The molecule has 1 heterocycles. The third-order valence-corrected chi connectivity index (χ3v) is 6.78. The van der Waals surface area contributed by atoms with Crippen LogP contribution in [-0.2, 0) is 11.3 Å². The molecule has 4 aromatic carbocycles. The molecule has 0 unspecified atom stereocenters. The molecule has 0 aliphatic carbocycles. The van der Waals surface area contributed by atoms with Crippen LogP contribution in [0.4, 0.5) is 9.18 Å². The van der Waals surface area contributed by atoms with E-state index >= 15 is 0 Å². The molecule has 190 valence electrons. The molecule has 0 saturated carbocycles. The molecule has 2 amide bonds. The average Bonchev–Trinajstić information content (AvgIpc) is 3.17. The normalized spacial score (nSPS) is 14.4. The first-order valence-electron chi connectivity index (χ1n) is 11.9. The summed E-state index contributed by atoms with van der Waals surface area (Å²) in [7, 11) is 0. The monoisotopic (exact) mass is 527 g/mol. The van der Waals surface area contributed by atoms with Crippen molar-refractivity contribution in [2.75, 3.05) is 6.61 Å². The highest BCUT2D eigenvalue weighted by Gasteiger charge is 2.35. The second-order valence-corrected chi connectivity index (χ2v) is 9.48. The Balaban J connectivity index is 1.34. The maximum Gasteiger partial charge on any atom is 0.343 e. The van der Waals surface area contributed by atoms with E-state index in [9.17, 15) is 18.8 Å². The van der Waals surface area contributed by atoms with E-state index in [1.54, 1.807) is 31.2 Å². The summed E-state index contributed by atoms with van der Waals surface area (Å²) in [6, 6.07) is 23.6. The minimum Gasteiger partial charge on any atom is -0.490 e. The Hall–Kier alpha value is -4.43. The molecule has 0 radical (unpaired) electrons. The van der Waals surface area contributed by atoms with E-state index in [4.69, 9.17) is 9.47 Å². The van der Waals surface area contributed by atoms with Gasteiger partial charge in [0.1, 0.15) is 5.82 Å². The van der Waals surface area contributed by atoms with Crippen molar-refractivity contribution < 1.29 is 28.2 Å². The maximum atomic E-state index is 13.2. The van der Waals surface area contributed by atoms with Gasteiger partial charge in [0.25, 0.3) is 11.1 Å². The second kappa shape index (κ2) is 10.9. The fourth-order valence-electron chi connectivity index (χ4n) is 4.02. The van der Waals surface area contributed by atoms with Crippen LogP contribution in [0.5, 0.6) is 11.5 Å². The number of nitrogens with zero attached hydrogens (tertiary/aromatic N) is 1. The van der Waals surface area contributed by atoms with Crippen LogP contribution in [0.15, 0.2) is 89.8 Å². The molecule has 38 heavy (non-hydrogen) atoms. The number of benzene rings is 4. The summed E-state index contributed by atoms with van der Waals surface area (Å²) >= 11 is 0.874. The summed E-state index contributed by atoms with van der Waals surface area (Å²) < 4.78 is 24.3. The van der Waals surface area contributed by atoms with Gasteiger partial charge in [0, 0.05) is 0 Å². The zero-order valence-electron chi connectivity index (χ0n) is 20.3. The Kier molecular flexibility index (Phi) is 7.24. The Labute approximate surface area is 222 Å². The third-order valence-electron chi connectivity index (χ3n) is 5.88. The largest absolute Gasteiger partial charge is 0.490 e. The van der Waals surface area contributed by atoms with E-state index in [0.29, 0.717) is 17.9 Å². The zero-order chi connectivity index (χ0) is 26.6. The van der Waals surface area contributed by atoms with Crippen LogP contribution in [0.25, 0.3) is 16.8 Å². The lowest BCUT2D eigenvalue weighted by atomic mass is 10.1. The van der Waals surface area contributed by atoms with Crippen LogP contribution in [0.2, 0.25) is 0 Å². The van der Waals surface area contributed by atoms with Gasteiger partial charge in [-0.3, -0.25) is 14.5 Å². The number of esters is 1. The van der Waals surface area contributed by atoms with E-state index in [0.717, 1.165) is 28.1 Å². The number of carbonyl (C=O) groups excluding carboxylic acids is 3. The Bertz CT molecular complexity index is 1580. The minimum atomic E-state index is -0.659. The molecule has 1 fully saturated rings. The van der Waals surface area contributed by atoms with Crippen molar-refractivity contribution in [3.63, 3.8) is 0 Å². The van der Waals surface area contributed by atoms with Gasteiger partial charge >= 0.3 is 5.97 Å². The van der Waals surface area contributed by atoms with E-state index in [1.807, 2.05) is 42.5 Å². The molecule has 0 atom stereocenters. The van der Waals surface area contributed by atoms with Gasteiger partial charge in [0.15, 0.2) is 11.5 Å². The van der Waals surface area contributed by atoms with Gasteiger partial charge < -0.3 is 9.47 Å². The first-order valence-corrected chi connectivity index (χ1v) is 12.7. The standard InChI is InChI=1S/C30H22FNO5S/c1-2-36-26-16-19(8-14-25(26)37-29(34)22-10-12-24(31)13-11-22)17-27-28(33)32(30(35)38-27)18-20-7-9-21-5-3-4-6-23(21)15-20/h3-17H,2,18H2,1H3/b27-17-. The maximum absolute atomic E-state index is 13.2. The molecule has 8 heteroatoms. The molecule has 1 aliphatic rings. The number of halogens is 1. The Morgan fingerprint density at radius 3 is 2.45 bits per heavy atom. The number of rotatable bonds is 7. The lowest BCUT2D eigenvalue weighted by Crippen LogP contribution is -2.27. The third kappa shape index (κ3) is 5.45. The van der Waals surface area contributed by atoms with Crippen molar-refractivity contribution in [1.29, 1.82) is 0 Å². The van der Waals surface area contributed by atoms with Crippen LogP contribution in [0, 0.1) is 5.82 Å². The SMILES string of the molecule is CCOc1cc(/C=C2\SC(=O)N(Cc3ccc4ccccc4c3)C2=O)ccc1OC(=O)c1ccc(F)cc1.